The van der Waals surface area contributed by atoms with Gasteiger partial charge in [0.05, 0.1) is 0 Å². The summed E-state index contributed by atoms with van der Waals surface area (Å²) in [4.78, 5) is 27.4. The fourth-order valence-electron chi connectivity index (χ4n) is 8.67. The summed E-state index contributed by atoms with van der Waals surface area (Å²) in [6.07, 6.45) is 21.9. The van der Waals surface area contributed by atoms with Gasteiger partial charge >= 0.3 is 0 Å². The molecule has 204 valence electrons. The van der Waals surface area contributed by atoms with Crippen molar-refractivity contribution in [2.45, 2.75) is 121 Å². The van der Waals surface area contributed by atoms with Crippen LogP contribution in [0.4, 0.5) is 0 Å². The minimum atomic E-state index is 0.363. The lowest BCUT2D eigenvalue weighted by Gasteiger charge is -2.35. The molecule has 5 heteroatoms. The molecule has 0 amide bonds. The largest absolute Gasteiger partial charge is 0.317 e. The molecule has 0 unspecified atom stereocenters. The molecule has 4 saturated carbocycles. The Hall–Kier alpha value is -0.780. The molecular weight excluding hydrogens is 446 g/mol. The molecule has 5 nitrogen and oxygen atoms in total. The van der Waals surface area contributed by atoms with Gasteiger partial charge in [-0.15, -0.1) is 0 Å². The van der Waals surface area contributed by atoms with Gasteiger partial charge in [-0.3, -0.25) is 9.59 Å². The normalized spacial score (nSPS) is 39.1. The Kier molecular flexibility index (Phi) is 9.93. The first kappa shape index (κ1) is 26.8. The van der Waals surface area contributed by atoms with Gasteiger partial charge in [0.2, 0.25) is 0 Å². The van der Waals surface area contributed by atoms with E-state index in [0.717, 1.165) is 23.9 Å². The lowest BCUT2D eigenvalue weighted by Crippen LogP contribution is -2.40. The lowest BCUT2D eigenvalue weighted by atomic mass is 10.0. The number of ketones is 2. The van der Waals surface area contributed by atoms with Crippen LogP contribution in [0.3, 0.4) is 0 Å². The zero-order valence-electron chi connectivity index (χ0n) is 22.9. The third-order valence-corrected chi connectivity index (χ3v) is 10.6. The Morgan fingerprint density at radius 2 is 0.833 bits per heavy atom. The lowest BCUT2D eigenvalue weighted by molar-refractivity contribution is -0.119. The second-order valence-electron chi connectivity index (χ2n) is 13.2. The van der Waals surface area contributed by atoms with Crippen LogP contribution in [0, 0.1) is 23.7 Å². The number of fused-ring (bicyclic) bond motifs is 2. The molecular formula is C31H53N3O2. The maximum Gasteiger partial charge on any atom is 0.133 e. The molecule has 0 aromatic heterocycles. The molecule has 0 spiro atoms. The Bertz CT molecular complexity index is 617. The number of hydrogen-bond donors (Lipinski definition) is 1. The zero-order chi connectivity index (χ0) is 24.7. The number of carbonyl (C=O) groups is 2. The number of hydrogen-bond acceptors (Lipinski definition) is 5. The number of nitrogens with one attached hydrogen (secondary N) is 1. The van der Waals surface area contributed by atoms with E-state index >= 15 is 0 Å². The van der Waals surface area contributed by atoms with Crippen LogP contribution in [-0.4, -0.2) is 72.7 Å². The predicted molar refractivity (Wildman–Crippen MR) is 146 cm³/mol. The minimum absolute atomic E-state index is 0.363. The van der Waals surface area contributed by atoms with Gasteiger partial charge in [0.25, 0.3) is 0 Å². The number of rotatable bonds is 2. The molecule has 0 bridgehead atoms. The third-order valence-electron chi connectivity index (χ3n) is 10.6. The first-order valence-electron chi connectivity index (χ1n) is 15.9. The van der Waals surface area contributed by atoms with E-state index in [2.05, 4.69) is 15.1 Å². The van der Waals surface area contributed by atoms with Gasteiger partial charge in [0, 0.05) is 37.8 Å². The molecule has 1 N–H and O–H groups in total. The van der Waals surface area contributed by atoms with Crippen molar-refractivity contribution < 1.29 is 9.59 Å². The molecule has 0 radical (unpaired) electrons. The summed E-state index contributed by atoms with van der Waals surface area (Å²) in [6.45, 7) is 8.11. The average molecular weight is 500 g/mol. The van der Waals surface area contributed by atoms with Crippen LogP contribution in [0.25, 0.3) is 0 Å². The van der Waals surface area contributed by atoms with E-state index in [9.17, 15) is 9.59 Å². The van der Waals surface area contributed by atoms with E-state index in [4.69, 9.17) is 0 Å². The van der Waals surface area contributed by atoms with E-state index < -0.39 is 0 Å². The van der Waals surface area contributed by atoms with E-state index in [0.29, 0.717) is 49.1 Å². The minimum Gasteiger partial charge on any atom is -0.317 e. The van der Waals surface area contributed by atoms with Crippen LogP contribution in [0.1, 0.15) is 109 Å². The quantitative estimate of drug-likeness (QED) is 0.565. The van der Waals surface area contributed by atoms with Gasteiger partial charge in [-0.1, -0.05) is 19.3 Å². The average Bonchev–Trinajstić information content (AvgIpc) is 3.66. The fourth-order valence-corrected chi connectivity index (χ4v) is 8.67. The van der Waals surface area contributed by atoms with E-state index in [-0.39, 0.29) is 0 Å². The van der Waals surface area contributed by atoms with Crippen molar-refractivity contribution in [3.8, 4) is 0 Å². The summed E-state index contributed by atoms with van der Waals surface area (Å²) in [5.41, 5.74) is 0. The van der Waals surface area contributed by atoms with Crippen LogP contribution in [0.2, 0.25) is 0 Å². The van der Waals surface area contributed by atoms with Gasteiger partial charge in [0.15, 0.2) is 0 Å². The Morgan fingerprint density at radius 1 is 0.472 bits per heavy atom. The molecule has 7 fully saturated rings. The smallest absolute Gasteiger partial charge is 0.133 e. The van der Waals surface area contributed by atoms with Crippen molar-refractivity contribution >= 4 is 11.6 Å². The van der Waals surface area contributed by atoms with E-state index in [1.165, 1.54) is 123 Å². The Balaban J connectivity index is 0.000000137. The highest BCUT2D eigenvalue weighted by atomic mass is 16.1. The predicted octanol–water partition coefficient (Wildman–Crippen LogP) is 5.22. The van der Waals surface area contributed by atoms with Crippen LogP contribution in [0.5, 0.6) is 0 Å². The SMILES string of the molecule is C1CCN(C2CC3CC(N4CCCCC4)CC3C2)CC1.C1CCNCC1.O=C1CC2CC(=O)CC2C1. The molecule has 7 rings (SSSR count). The Morgan fingerprint density at radius 3 is 1.14 bits per heavy atom. The second kappa shape index (κ2) is 13.3. The van der Waals surface area contributed by atoms with Crippen molar-refractivity contribution in [3.05, 3.63) is 0 Å². The number of piperidine rings is 3. The third kappa shape index (κ3) is 7.20. The molecule has 3 aliphatic heterocycles. The molecule has 36 heavy (non-hydrogen) atoms. The van der Waals surface area contributed by atoms with E-state index in [1.807, 2.05) is 0 Å². The van der Waals surface area contributed by atoms with Crippen LogP contribution in [-0.2, 0) is 9.59 Å². The van der Waals surface area contributed by atoms with Crippen LogP contribution >= 0.6 is 0 Å². The van der Waals surface area contributed by atoms with Crippen molar-refractivity contribution in [2.24, 2.45) is 23.7 Å². The zero-order valence-corrected chi connectivity index (χ0v) is 22.9. The highest BCUT2D eigenvalue weighted by molar-refractivity contribution is 5.88. The first-order chi connectivity index (χ1) is 17.7. The number of likely N-dealkylation sites (tertiary alicyclic amines) is 2. The van der Waals surface area contributed by atoms with Gasteiger partial charge in [0.1, 0.15) is 11.6 Å². The number of nitrogens with zero attached hydrogens (tertiary/aromatic N) is 2. The maximum atomic E-state index is 10.9. The van der Waals surface area contributed by atoms with Gasteiger partial charge in [-0.2, -0.15) is 0 Å². The Labute approximate surface area is 220 Å². The molecule has 3 saturated heterocycles. The summed E-state index contributed by atoms with van der Waals surface area (Å²) in [7, 11) is 0. The van der Waals surface area contributed by atoms with Crippen LogP contribution < -0.4 is 5.32 Å². The summed E-state index contributed by atoms with van der Waals surface area (Å²) in [6, 6.07) is 1.93. The van der Waals surface area contributed by atoms with Crippen molar-refractivity contribution in [2.75, 3.05) is 39.3 Å². The number of carbonyl (C=O) groups excluding carboxylic acids is 2. The fraction of sp³-hybridized carbons (Fsp3) is 0.935. The summed E-state index contributed by atoms with van der Waals surface area (Å²) in [5.74, 6) is 3.74. The monoisotopic (exact) mass is 499 g/mol. The highest BCUT2D eigenvalue weighted by Gasteiger charge is 2.45. The maximum absolute atomic E-state index is 10.9. The second-order valence-corrected chi connectivity index (χ2v) is 13.2. The number of Topliss-reactive ketones (excluding diaryl/α,β-unsaturated/α-hetero) is 2. The summed E-state index contributed by atoms with van der Waals surface area (Å²) >= 11 is 0. The molecule has 0 aromatic carbocycles. The molecule has 3 heterocycles. The first-order valence-corrected chi connectivity index (χ1v) is 15.9. The van der Waals surface area contributed by atoms with Crippen LogP contribution in [0.15, 0.2) is 0 Å². The van der Waals surface area contributed by atoms with Gasteiger partial charge < -0.3 is 15.1 Å². The molecule has 0 aromatic rings. The topological polar surface area (TPSA) is 52.6 Å². The van der Waals surface area contributed by atoms with E-state index in [1.54, 1.807) is 0 Å². The van der Waals surface area contributed by atoms with Crippen molar-refractivity contribution in [1.29, 1.82) is 0 Å². The summed E-state index contributed by atoms with van der Waals surface area (Å²) < 4.78 is 0. The highest BCUT2D eigenvalue weighted by Crippen LogP contribution is 2.47. The molecule has 7 aliphatic rings. The summed E-state index contributed by atoms with van der Waals surface area (Å²) in [5, 5.41) is 3.28. The van der Waals surface area contributed by atoms with Gasteiger partial charge in [-0.25, -0.2) is 0 Å². The van der Waals surface area contributed by atoms with Crippen molar-refractivity contribution in [3.63, 3.8) is 0 Å². The molecule has 4 aliphatic carbocycles. The van der Waals surface area contributed by atoms with Crippen molar-refractivity contribution in [1.82, 2.24) is 15.1 Å². The standard InChI is InChI=1S/C18H32N2.C8H10O2.C5H11N/c1-3-7-19(8-4-1)17-11-15-13-18(14-16(15)12-17)20-9-5-2-6-10-20;9-7-1-5-2-8(10)4-6(5)3-7;1-2-4-6-5-3-1/h15-18H,1-14H2;5-6H,1-4H2;6H,1-5H2. The molecule has 0 atom stereocenters. The van der Waals surface area contributed by atoms with Gasteiger partial charge in [-0.05, 0) is 127 Å².